The monoisotopic (exact) mass is 229 g/mol. The van der Waals surface area contributed by atoms with Crippen molar-refractivity contribution in [2.24, 2.45) is 7.05 Å². The van der Waals surface area contributed by atoms with Gasteiger partial charge in [0.1, 0.15) is 0 Å². The average molecular weight is 229 g/mol. The van der Waals surface area contributed by atoms with Crippen molar-refractivity contribution < 1.29 is 0 Å². The molecule has 0 saturated carbocycles. The van der Waals surface area contributed by atoms with Crippen LogP contribution in [0.1, 0.15) is 29.8 Å². The molecule has 3 heteroatoms. The molecule has 2 rings (SSSR count). The van der Waals surface area contributed by atoms with Gasteiger partial charge in [-0.25, -0.2) is 0 Å². The van der Waals surface area contributed by atoms with E-state index in [0.29, 0.717) is 6.04 Å². The zero-order valence-corrected chi connectivity index (χ0v) is 10.6. The van der Waals surface area contributed by atoms with Crippen LogP contribution in [0.3, 0.4) is 0 Å². The Balaban J connectivity index is 1.98. The maximum absolute atomic E-state index is 4.35. The van der Waals surface area contributed by atoms with Crippen LogP contribution in [-0.4, -0.2) is 9.78 Å². The number of benzene rings is 1. The average Bonchev–Trinajstić information content (AvgIpc) is 2.73. The Labute approximate surface area is 102 Å². The second-order valence-corrected chi connectivity index (χ2v) is 4.44. The molecule has 0 fully saturated rings. The first-order valence-electron chi connectivity index (χ1n) is 5.94. The number of aryl methyl sites for hydroxylation is 2. The Bertz CT molecular complexity index is 488. The first-order valence-corrected chi connectivity index (χ1v) is 5.94. The highest BCUT2D eigenvalue weighted by atomic mass is 15.3. The summed E-state index contributed by atoms with van der Waals surface area (Å²) in [5.74, 6) is 0. The molecule has 0 amide bonds. The summed E-state index contributed by atoms with van der Waals surface area (Å²) in [6.07, 6.45) is 1.97. The third-order valence-corrected chi connectivity index (χ3v) is 3.01. The highest BCUT2D eigenvalue weighted by Crippen LogP contribution is 2.16. The fraction of sp³-hybridized carbons (Fsp3) is 0.357. The van der Waals surface area contributed by atoms with E-state index >= 15 is 0 Å². The van der Waals surface area contributed by atoms with Gasteiger partial charge < -0.3 is 5.32 Å². The van der Waals surface area contributed by atoms with E-state index in [9.17, 15) is 0 Å². The molecule has 1 atom stereocenters. The minimum atomic E-state index is 0.346. The van der Waals surface area contributed by atoms with Gasteiger partial charge in [-0.1, -0.05) is 24.3 Å². The van der Waals surface area contributed by atoms with E-state index in [4.69, 9.17) is 0 Å². The van der Waals surface area contributed by atoms with Gasteiger partial charge in [0.05, 0.1) is 5.69 Å². The van der Waals surface area contributed by atoms with Gasteiger partial charge in [0.2, 0.25) is 0 Å². The maximum Gasteiger partial charge on any atom is 0.0762 e. The van der Waals surface area contributed by atoms with Gasteiger partial charge in [-0.3, -0.25) is 4.68 Å². The molecule has 0 aliphatic heterocycles. The summed E-state index contributed by atoms with van der Waals surface area (Å²) >= 11 is 0. The van der Waals surface area contributed by atoms with Crippen LogP contribution in [0, 0.1) is 6.92 Å². The van der Waals surface area contributed by atoms with Crippen LogP contribution in [0.15, 0.2) is 36.5 Å². The number of hydrogen-bond acceptors (Lipinski definition) is 2. The lowest BCUT2D eigenvalue weighted by Crippen LogP contribution is -2.19. The van der Waals surface area contributed by atoms with E-state index in [-0.39, 0.29) is 0 Å². The van der Waals surface area contributed by atoms with Crippen LogP contribution < -0.4 is 5.32 Å². The zero-order valence-electron chi connectivity index (χ0n) is 10.6. The van der Waals surface area contributed by atoms with E-state index in [1.165, 1.54) is 11.1 Å². The first-order chi connectivity index (χ1) is 8.16. The predicted octanol–water partition coefficient (Wildman–Crippen LogP) is 2.58. The predicted molar refractivity (Wildman–Crippen MR) is 69.6 cm³/mol. The van der Waals surface area contributed by atoms with Gasteiger partial charge in [-0.15, -0.1) is 0 Å². The summed E-state index contributed by atoms with van der Waals surface area (Å²) in [6.45, 7) is 5.13. The Hall–Kier alpha value is -1.61. The maximum atomic E-state index is 4.35. The Morgan fingerprint density at radius 1 is 1.29 bits per heavy atom. The van der Waals surface area contributed by atoms with E-state index in [2.05, 4.69) is 48.5 Å². The second kappa shape index (κ2) is 5.15. The summed E-state index contributed by atoms with van der Waals surface area (Å²) in [5, 5.41) is 7.85. The van der Waals surface area contributed by atoms with Crippen molar-refractivity contribution in [2.75, 3.05) is 0 Å². The normalized spacial score (nSPS) is 12.6. The van der Waals surface area contributed by atoms with Crippen LogP contribution in [0.25, 0.3) is 0 Å². The molecule has 0 spiro atoms. The summed E-state index contributed by atoms with van der Waals surface area (Å²) < 4.78 is 1.83. The zero-order chi connectivity index (χ0) is 12.3. The molecule has 0 aliphatic carbocycles. The van der Waals surface area contributed by atoms with Gasteiger partial charge in [-0.2, -0.15) is 5.10 Å². The second-order valence-electron chi connectivity index (χ2n) is 4.44. The molecule has 1 aromatic carbocycles. The molecule has 0 saturated heterocycles. The molecule has 90 valence electrons. The number of hydrogen-bond donors (Lipinski definition) is 1. The highest BCUT2D eigenvalue weighted by molar-refractivity contribution is 5.28. The smallest absolute Gasteiger partial charge is 0.0762 e. The van der Waals surface area contributed by atoms with Crippen LogP contribution >= 0.6 is 0 Å². The van der Waals surface area contributed by atoms with Gasteiger partial charge >= 0.3 is 0 Å². The Morgan fingerprint density at radius 3 is 2.71 bits per heavy atom. The van der Waals surface area contributed by atoms with E-state index in [1.54, 1.807) is 0 Å². The van der Waals surface area contributed by atoms with Crippen molar-refractivity contribution >= 4 is 0 Å². The lowest BCUT2D eigenvalue weighted by molar-refractivity contribution is 0.559. The summed E-state index contributed by atoms with van der Waals surface area (Å²) in [5.41, 5.74) is 3.75. The highest BCUT2D eigenvalue weighted by Gasteiger charge is 2.07. The number of nitrogens with one attached hydrogen (secondary N) is 1. The van der Waals surface area contributed by atoms with Crippen molar-refractivity contribution in [3.8, 4) is 0 Å². The largest absolute Gasteiger partial charge is 0.304 e. The Kier molecular flexibility index (Phi) is 3.59. The van der Waals surface area contributed by atoms with E-state index in [1.807, 2.05) is 24.0 Å². The third-order valence-electron chi connectivity index (χ3n) is 3.01. The molecule has 1 aromatic heterocycles. The minimum Gasteiger partial charge on any atom is -0.304 e. The van der Waals surface area contributed by atoms with Crippen LogP contribution in [0.2, 0.25) is 0 Å². The molecule has 1 N–H and O–H groups in total. The van der Waals surface area contributed by atoms with Crippen LogP contribution in [0.5, 0.6) is 0 Å². The van der Waals surface area contributed by atoms with Crippen LogP contribution in [0.4, 0.5) is 0 Å². The third kappa shape index (κ3) is 2.94. The fourth-order valence-corrected chi connectivity index (χ4v) is 2.00. The fourth-order valence-electron chi connectivity index (χ4n) is 2.00. The molecule has 2 aromatic rings. The molecule has 3 nitrogen and oxygen atoms in total. The van der Waals surface area contributed by atoms with Gasteiger partial charge in [0.15, 0.2) is 0 Å². The molecular weight excluding hydrogens is 210 g/mol. The van der Waals surface area contributed by atoms with Gasteiger partial charge in [-0.05, 0) is 31.0 Å². The number of rotatable bonds is 4. The molecule has 0 unspecified atom stereocenters. The molecule has 0 bridgehead atoms. The summed E-state index contributed by atoms with van der Waals surface area (Å²) in [6, 6.07) is 10.9. The number of aromatic nitrogens is 2. The topological polar surface area (TPSA) is 29.9 Å². The van der Waals surface area contributed by atoms with Crippen molar-refractivity contribution in [2.45, 2.75) is 26.4 Å². The SMILES string of the molecule is Cc1ccccc1[C@H](C)NCc1ccn(C)n1. The van der Waals surface area contributed by atoms with E-state index < -0.39 is 0 Å². The lowest BCUT2D eigenvalue weighted by atomic mass is 10.0. The first kappa shape index (κ1) is 11.9. The number of nitrogens with zero attached hydrogens (tertiary/aromatic N) is 2. The quantitative estimate of drug-likeness (QED) is 0.873. The summed E-state index contributed by atoms with van der Waals surface area (Å²) in [4.78, 5) is 0. The van der Waals surface area contributed by atoms with Crippen molar-refractivity contribution in [1.82, 2.24) is 15.1 Å². The molecule has 0 radical (unpaired) electrons. The van der Waals surface area contributed by atoms with Crippen molar-refractivity contribution in [3.63, 3.8) is 0 Å². The van der Waals surface area contributed by atoms with E-state index in [0.717, 1.165) is 12.2 Å². The van der Waals surface area contributed by atoms with Gasteiger partial charge in [0, 0.05) is 25.8 Å². The van der Waals surface area contributed by atoms with Crippen molar-refractivity contribution in [1.29, 1.82) is 0 Å². The Morgan fingerprint density at radius 2 is 2.06 bits per heavy atom. The molecule has 17 heavy (non-hydrogen) atoms. The molecule has 1 heterocycles. The van der Waals surface area contributed by atoms with Crippen molar-refractivity contribution in [3.05, 3.63) is 53.3 Å². The van der Waals surface area contributed by atoms with Crippen LogP contribution in [-0.2, 0) is 13.6 Å². The lowest BCUT2D eigenvalue weighted by Gasteiger charge is -2.15. The van der Waals surface area contributed by atoms with Gasteiger partial charge in [0.25, 0.3) is 0 Å². The standard InChI is InChI=1S/C14H19N3/c1-11-6-4-5-7-14(11)12(2)15-10-13-8-9-17(3)16-13/h4-9,12,15H,10H2,1-3H3/t12-/m0/s1. The molecule has 0 aliphatic rings. The minimum absolute atomic E-state index is 0.346. The summed E-state index contributed by atoms with van der Waals surface area (Å²) in [7, 11) is 1.94. The molecular formula is C14H19N3.